The van der Waals surface area contributed by atoms with Crippen molar-refractivity contribution in [2.24, 2.45) is 32.9 Å². The fourth-order valence-electron chi connectivity index (χ4n) is 14.0. The average Bonchev–Trinajstić information content (AvgIpc) is 4.14. The SMILES string of the molecule is CC(=O)O[C@@H]1CCc2cc(c(O)c3c2CC[C@@H]2CCC[C@H]2O3)CN2C[C@@](Cc3ccccc3)(CCN=C(N)N[C@]3(CCCC34CCCC4)SSCC3(CCCC[C@H](O)C1)CCCC3)CC2=O. The number of aromatic hydroxyl groups is 1. The van der Waals surface area contributed by atoms with Crippen LogP contribution in [-0.2, 0) is 40.1 Å². The van der Waals surface area contributed by atoms with E-state index in [-0.39, 0.29) is 46.0 Å². The van der Waals surface area contributed by atoms with Gasteiger partial charge in [0, 0.05) is 67.1 Å². The number of benzene rings is 2. The summed E-state index contributed by atoms with van der Waals surface area (Å²) in [6.07, 6.45) is 25.1. The zero-order chi connectivity index (χ0) is 45.8. The number of aliphatic hydroxyl groups is 1. The van der Waals surface area contributed by atoms with Gasteiger partial charge in [-0.05, 0) is 144 Å². The number of phenolic OH excluding ortho intramolecular Hbond substituents is 1. The number of nitrogens with two attached hydrogens (primary N) is 1. The number of aryl methyl sites for hydroxylation is 1. The number of phenols is 1. The summed E-state index contributed by atoms with van der Waals surface area (Å²) in [5.41, 5.74) is 11.2. The topological polar surface area (TPSA) is 147 Å². The molecule has 66 heavy (non-hydrogen) atoms. The second-order valence-electron chi connectivity index (χ2n) is 22.1. The van der Waals surface area contributed by atoms with Crippen LogP contribution in [-0.4, -0.2) is 75.0 Å². The Morgan fingerprint density at radius 1 is 0.909 bits per heavy atom. The molecule has 3 heterocycles. The van der Waals surface area contributed by atoms with Gasteiger partial charge in [-0.15, -0.1) is 0 Å². The number of fused-ring (bicyclic) bond motifs is 8. The zero-order valence-electron chi connectivity index (χ0n) is 39.8. The number of aliphatic hydroxyl groups excluding tert-OH is 1. The molecule has 3 spiro atoms. The van der Waals surface area contributed by atoms with Gasteiger partial charge in [-0.25, -0.2) is 0 Å². The molecule has 0 radical (unpaired) electrons. The molecule has 1 amide bonds. The third kappa shape index (κ3) is 10.7. The van der Waals surface area contributed by atoms with E-state index in [1.807, 2.05) is 11.0 Å². The molecule has 0 unspecified atom stereocenters. The van der Waals surface area contributed by atoms with Crippen molar-refractivity contribution >= 4 is 39.4 Å². The van der Waals surface area contributed by atoms with Crippen molar-refractivity contribution < 1.29 is 29.3 Å². The number of nitrogens with zero attached hydrogens (tertiary/aromatic N) is 2. The van der Waals surface area contributed by atoms with E-state index in [4.69, 9.17) is 20.2 Å². The van der Waals surface area contributed by atoms with E-state index < -0.39 is 12.2 Å². The van der Waals surface area contributed by atoms with Gasteiger partial charge in [0.1, 0.15) is 17.1 Å². The fourth-order valence-corrected chi connectivity index (χ4v) is 18.3. The third-order valence-corrected chi connectivity index (χ3v) is 21.0. The summed E-state index contributed by atoms with van der Waals surface area (Å²) in [6.45, 7) is 2.81. The number of amides is 1. The Morgan fingerprint density at radius 3 is 2.45 bits per heavy atom. The molecule has 5 fully saturated rings. The van der Waals surface area contributed by atoms with Crippen molar-refractivity contribution in [1.29, 1.82) is 0 Å². The lowest BCUT2D eigenvalue weighted by molar-refractivity contribution is -0.148. The molecular formula is C54H78N4O6S2. The normalized spacial score (nSPS) is 32.1. The molecule has 7 aliphatic rings. The standard InChI is InChI=1S/C54H78N4O6S2/c1-38(59)63-44-20-18-41-31-42(48(62)49-45(41)21-19-40-15-11-17-46(40)64-49)35-58-36-52(34-47(58)61,33-39-13-3-2-4-14-39)29-30-56-50(55)57-54(28-12-27-53(54)25-9-10-26-53)66-65-37-51(23-7-8-24-51)22-6-5-16-43(60)32-44/h2-4,13-14,31,40,43-44,46,60,62H,5-12,15-30,32-37H2,1H3,(H3,55,56,57)/t40-,43-,44+,46+,52+,54+/m0/s1. The molecule has 6 atom stereocenters. The van der Waals surface area contributed by atoms with E-state index >= 15 is 0 Å². The predicted octanol–water partition coefficient (Wildman–Crippen LogP) is 10.7. The smallest absolute Gasteiger partial charge is 0.302 e. The summed E-state index contributed by atoms with van der Waals surface area (Å²) in [5, 5.41) is 27.6. The van der Waals surface area contributed by atoms with Crippen LogP contribution in [0.4, 0.5) is 0 Å². The number of hydrogen-bond donors (Lipinski definition) is 4. The highest BCUT2D eigenvalue weighted by molar-refractivity contribution is 8.77. The first-order chi connectivity index (χ1) is 32.0. The molecule has 4 aliphatic carbocycles. The lowest BCUT2D eigenvalue weighted by atomic mass is 9.78. The van der Waals surface area contributed by atoms with Crippen LogP contribution < -0.4 is 15.8 Å². The molecule has 10 nitrogen and oxygen atoms in total. The number of nitrogens with one attached hydrogen (secondary N) is 1. The first-order valence-electron chi connectivity index (χ1n) is 26.1. The first kappa shape index (κ1) is 48.0. The van der Waals surface area contributed by atoms with Crippen molar-refractivity contribution in [1.82, 2.24) is 10.2 Å². The molecule has 2 aromatic carbocycles. The maximum Gasteiger partial charge on any atom is 0.302 e. The summed E-state index contributed by atoms with van der Waals surface area (Å²) >= 11 is 0. The van der Waals surface area contributed by atoms with Gasteiger partial charge in [0.15, 0.2) is 17.5 Å². The van der Waals surface area contributed by atoms with E-state index in [1.165, 1.54) is 83.1 Å². The summed E-state index contributed by atoms with van der Waals surface area (Å²) in [4.78, 5) is 33.8. The van der Waals surface area contributed by atoms with Crippen LogP contribution in [0.1, 0.15) is 177 Å². The maximum atomic E-state index is 14.3. The van der Waals surface area contributed by atoms with Gasteiger partial charge in [0.05, 0.1) is 6.10 Å². The van der Waals surface area contributed by atoms with Gasteiger partial charge >= 0.3 is 5.97 Å². The van der Waals surface area contributed by atoms with Gasteiger partial charge in [-0.3, -0.25) is 14.6 Å². The minimum Gasteiger partial charge on any atom is -0.504 e. The van der Waals surface area contributed by atoms with Gasteiger partial charge in [0.2, 0.25) is 5.91 Å². The summed E-state index contributed by atoms with van der Waals surface area (Å²) < 4.78 is 12.7. The van der Waals surface area contributed by atoms with Crippen LogP contribution in [0.5, 0.6) is 11.5 Å². The molecule has 1 saturated heterocycles. The van der Waals surface area contributed by atoms with Crippen LogP contribution in [0.15, 0.2) is 41.4 Å². The third-order valence-electron chi connectivity index (χ3n) is 17.5. The lowest BCUT2D eigenvalue weighted by Gasteiger charge is -2.44. The molecule has 2 aromatic rings. The number of carbonyl (C=O) groups excluding carboxylic acids is 2. The Hall–Kier alpha value is -3.09. The van der Waals surface area contributed by atoms with Gasteiger partial charge in [0.25, 0.3) is 0 Å². The number of rotatable bonds is 3. The van der Waals surface area contributed by atoms with Crippen LogP contribution in [0.3, 0.4) is 0 Å². The van der Waals surface area contributed by atoms with Gasteiger partial charge in [-0.1, -0.05) is 90.4 Å². The van der Waals surface area contributed by atoms with E-state index in [0.29, 0.717) is 80.2 Å². The molecular weight excluding hydrogens is 865 g/mol. The number of aliphatic imine (C=N–C) groups is 1. The first-order valence-corrected chi connectivity index (χ1v) is 28.4. The largest absolute Gasteiger partial charge is 0.504 e. The molecule has 4 saturated carbocycles. The van der Waals surface area contributed by atoms with Crippen molar-refractivity contribution in [3.63, 3.8) is 0 Å². The predicted molar refractivity (Wildman–Crippen MR) is 266 cm³/mol. The van der Waals surface area contributed by atoms with Crippen LogP contribution in [0.2, 0.25) is 0 Å². The van der Waals surface area contributed by atoms with Crippen molar-refractivity contribution in [2.75, 3.05) is 18.8 Å². The summed E-state index contributed by atoms with van der Waals surface area (Å²) in [5.74, 6) is 2.59. The Labute approximate surface area is 402 Å². The van der Waals surface area contributed by atoms with Gasteiger partial charge < -0.3 is 35.6 Å². The van der Waals surface area contributed by atoms with Crippen molar-refractivity contribution in [2.45, 2.75) is 204 Å². The number of guanidine groups is 1. The maximum absolute atomic E-state index is 14.3. The highest BCUT2D eigenvalue weighted by Gasteiger charge is 2.57. The van der Waals surface area contributed by atoms with Crippen LogP contribution in [0, 0.1) is 22.2 Å². The van der Waals surface area contributed by atoms with E-state index in [0.717, 1.165) is 74.7 Å². The number of carbonyl (C=O) groups is 2. The van der Waals surface area contributed by atoms with Crippen LogP contribution in [0.25, 0.3) is 0 Å². The number of ether oxygens (including phenoxy) is 2. The number of esters is 1. The molecule has 0 aromatic heterocycles. The van der Waals surface area contributed by atoms with Crippen LogP contribution >= 0.6 is 21.6 Å². The molecule has 4 bridgehead atoms. The molecule has 12 heteroatoms. The summed E-state index contributed by atoms with van der Waals surface area (Å²) in [6, 6.07) is 12.6. The summed E-state index contributed by atoms with van der Waals surface area (Å²) in [7, 11) is 4.14. The second-order valence-corrected chi connectivity index (χ2v) is 24.7. The molecule has 3 aliphatic heterocycles. The second kappa shape index (κ2) is 20.9. The van der Waals surface area contributed by atoms with Crippen molar-refractivity contribution in [3.8, 4) is 11.5 Å². The minimum absolute atomic E-state index is 0.0702. The molecule has 9 rings (SSSR count). The number of hydrogen-bond acceptors (Lipinski definition) is 11. The Kier molecular flexibility index (Phi) is 15.2. The highest BCUT2D eigenvalue weighted by Crippen LogP contribution is 2.64. The fraction of sp³-hybridized carbons (Fsp3) is 0.722. The average molecular weight is 943 g/mol. The Balaban J connectivity index is 1.03. The quantitative estimate of drug-likeness (QED) is 0.173. The lowest BCUT2D eigenvalue weighted by Crippen LogP contribution is -2.55. The monoisotopic (exact) mass is 943 g/mol. The zero-order valence-corrected chi connectivity index (χ0v) is 41.4. The molecule has 362 valence electrons. The van der Waals surface area contributed by atoms with Crippen molar-refractivity contribution in [3.05, 3.63) is 58.7 Å². The Bertz CT molecular complexity index is 2030. The van der Waals surface area contributed by atoms with Gasteiger partial charge in [-0.2, -0.15) is 0 Å². The van der Waals surface area contributed by atoms with E-state index in [2.05, 4.69) is 57.2 Å². The van der Waals surface area contributed by atoms with E-state index in [9.17, 15) is 19.8 Å². The van der Waals surface area contributed by atoms with E-state index in [1.54, 1.807) is 0 Å². The Morgan fingerprint density at radius 2 is 1.67 bits per heavy atom. The molecule has 5 N–H and O–H groups in total. The highest BCUT2D eigenvalue weighted by atomic mass is 33.1. The minimum atomic E-state index is -0.562.